The van der Waals surface area contributed by atoms with Gasteiger partial charge in [0.2, 0.25) is 0 Å². The lowest BCUT2D eigenvalue weighted by molar-refractivity contribution is 0.235. The minimum absolute atomic E-state index is 0.721. The molecule has 0 aliphatic rings. The lowest BCUT2D eigenvalue weighted by atomic mass is 10.1. The lowest BCUT2D eigenvalue weighted by Crippen LogP contribution is -2.26. The van der Waals surface area contributed by atoms with Crippen LogP contribution in [0.4, 0.5) is 0 Å². The summed E-state index contributed by atoms with van der Waals surface area (Å²) in [5, 5.41) is 0. The van der Waals surface area contributed by atoms with Crippen LogP contribution in [-0.4, -0.2) is 16.0 Å². The second-order valence-corrected chi connectivity index (χ2v) is 8.43. The van der Waals surface area contributed by atoms with Gasteiger partial charge in [0.15, 0.2) is 0 Å². The van der Waals surface area contributed by atoms with Crippen LogP contribution in [0.2, 0.25) is 0 Å². The molecule has 0 saturated carbocycles. The Labute approximate surface area is 170 Å². The third-order valence-corrected chi connectivity index (χ3v) is 5.46. The number of aromatic nitrogens is 1. The second kappa shape index (κ2) is 9.75. The number of aryl methyl sites for hydroxylation is 2. The van der Waals surface area contributed by atoms with E-state index in [-0.39, 0.29) is 0 Å². The minimum atomic E-state index is 0.721. The van der Waals surface area contributed by atoms with E-state index in [1.807, 2.05) is 0 Å². The molecular formula is C26H34N2. The molecule has 2 heteroatoms. The van der Waals surface area contributed by atoms with E-state index in [1.165, 1.54) is 34.4 Å². The van der Waals surface area contributed by atoms with Gasteiger partial charge in [-0.05, 0) is 61.6 Å². The molecule has 0 saturated heterocycles. The van der Waals surface area contributed by atoms with Gasteiger partial charge in [0, 0.05) is 31.5 Å². The first-order chi connectivity index (χ1) is 13.5. The zero-order chi connectivity index (χ0) is 19.9. The number of rotatable bonds is 9. The van der Waals surface area contributed by atoms with Crippen molar-refractivity contribution in [3.05, 3.63) is 94.8 Å². The Hall–Kier alpha value is -2.32. The van der Waals surface area contributed by atoms with Crippen LogP contribution in [0.3, 0.4) is 0 Å². The molecule has 2 nitrogen and oxygen atoms in total. The van der Waals surface area contributed by atoms with Gasteiger partial charge in [-0.15, -0.1) is 0 Å². The summed E-state index contributed by atoms with van der Waals surface area (Å²) < 4.78 is 2.39. The number of nitrogens with zero attached hydrogens (tertiary/aromatic N) is 2. The van der Waals surface area contributed by atoms with Gasteiger partial charge in [-0.25, -0.2) is 0 Å². The van der Waals surface area contributed by atoms with E-state index in [0.29, 0.717) is 0 Å². The van der Waals surface area contributed by atoms with Crippen molar-refractivity contribution >= 4 is 0 Å². The summed E-state index contributed by atoms with van der Waals surface area (Å²) in [6.45, 7) is 13.0. The second-order valence-electron chi connectivity index (χ2n) is 8.43. The fourth-order valence-electron chi connectivity index (χ4n) is 3.55. The Morgan fingerprint density at radius 3 is 2.32 bits per heavy atom. The van der Waals surface area contributed by atoms with Crippen LogP contribution in [0, 0.1) is 19.8 Å². The highest BCUT2D eigenvalue weighted by atomic mass is 15.1. The van der Waals surface area contributed by atoms with Gasteiger partial charge in [0.25, 0.3) is 0 Å². The number of hydrogen-bond acceptors (Lipinski definition) is 1. The third-order valence-electron chi connectivity index (χ3n) is 5.46. The van der Waals surface area contributed by atoms with E-state index in [1.54, 1.807) is 0 Å². The highest BCUT2D eigenvalue weighted by Gasteiger charge is 2.12. The average Bonchev–Trinajstić information content (AvgIpc) is 3.10. The quantitative estimate of drug-likeness (QED) is 0.433. The standard InChI is InChI=1S/C26H34N2/c1-21(2)15-17-27(19-25-9-6-5-8-23(25)4)20-26-10-7-16-28(26)18-24-13-11-22(3)12-14-24/h5-14,16,21H,15,17-20H2,1-4H3. The fraction of sp³-hybridized carbons (Fsp3) is 0.385. The highest BCUT2D eigenvalue weighted by Crippen LogP contribution is 2.17. The molecule has 0 aliphatic heterocycles. The van der Waals surface area contributed by atoms with Crippen molar-refractivity contribution in [1.82, 2.24) is 9.47 Å². The molecule has 1 heterocycles. The van der Waals surface area contributed by atoms with Crippen molar-refractivity contribution in [1.29, 1.82) is 0 Å². The molecule has 0 atom stereocenters. The monoisotopic (exact) mass is 374 g/mol. The first kappa shape index (κ1) is 20.4. The first-order valence-corrected chi connectivity index (χ1v) is 10.5. The van der Waals surface area contributed by atoms with Gasteiger partial charge in [-0.3, -0.25) is 4.90 Å². The van der Waals surface area contributed by atoms with Crippen molar-refractivity contribution < 1.29 is 0 Å². The van der Waals surface area contributed by atoms with Crippen LogP contribution in [0.15, 0.2) is 66.9 Å². The zero-order valence-corrected chi connectivity index (χ0v) is 17.9. The van der Waals surface area contributed by atoms with Crippen LogP contribution in [-0.2, 0) is 19.6 Å². The Morgan fingerprint density at radius 1 is 0.857 bits per heavy atom. The first-order valence-electron chi connectivity index (χ1n) is 10.5. The van der Waals surface area contributed by atoms with Gasteiger partial charge >= 0.3 is 0 Å². The van der Waals surface area contributed by atoms with Crippen LogP contribution in [0.25, 0.3) is 0 Å². The molecular weight excluding hydrogens is 340 g/mol. The Kier molecular flexibility index (Phi) is 7.11. The van der Waals surface area contributed by atoms with E-state index in [2.05, 4.69) is 104 Å². The summed E-state index contributed by atoms with van der Waals surface area (Å²) >= 11 is 0. The molecule has 0 radical (unpaired) electrons. The fourth-order valence-corrected chi connectivity index (χ4v) is 3.55. The molecule has 3 aromatic rings. The van der Waals surface area contributed by atoms with Crippen molar-refractivity contribution in [2.75, 3.05) is 6.54 Å². The smallest absolute Gasteiger partial charge is 0.0473 e. The molecule has 28 heavy (non-hydrogen) atoms. The molecule has 1 aromatic heterocycles. The minimum Gasteiger partial charge on any atom is -0.346 e. The van der Waals surface area contributed by atoms with Gasteiger partial charge in [-0.1, -0.05) is 67.9 Å². The van der Waals surface area contributed by atoms with E-state index in [0.717, 1.165) is 32.1 Å². The van der Waals surface area contributed by atoms with Gasteiger partial charge in [0.1, 0.15) is 0 Å². The number of benzene rings is 2. The Balaban J connectivity index is 1.74. The molecule has 0 aliphatic carbocycles. The summed E-state index contributed by atoms with van der Waals surface area (Å²) in [6, 6.07) is 22.1. The van der Waals surface area contributed by atoms with E-state index in [4.69, 9.17) is 0 Å². The van der Waals surface area contributed by atoms with Crippen LogP contribution in [0.5, 0.6) is 0 Å². The SMILES string of the molecule is Cc1ccc(Cn2cccc2CN(CCC(C)C)Cc2ccccc2C)cc1. The summed E-state index contributed by atoms with van der Waals surface area (Å²) in [6.07, 6.45) is 3.44. The average molecular weight is 375 g/mol. The summed E-state index contributed by atoms with van der Waals surface area (Å²) in [5.74, 6) is 0.721. The highest BCUT2D eigenvalue weighted by molar-refractivity contribution is 5.26. The summed E-state index contributed by atoms with van der Waals surface area (Å²) in [7, 11) is 0. The topological polar surface area (TPSA) is 8.17 Å². The molecule has 0 amide bonds. The van der Waals surface area contributed by atoms with Crippen LogP contribution < -0.4 is 0 Å². The maximum Gasteiger partial charge on any atom is 0.0473 e. The van der Waals surface area contributed by atoms with Gasteiger partial charge in [0.05, 0.1) is 0 Å². The molecule has 0 unspecified atom stereocenters. The van der Waals surface area contributed by atoms with E-state index < -0.39 is 0 Å². The Bertz CT molecular complexity index is 858. The molecule has 2 aromatic carbocycles. The third kappa shape index (κ3) is 5.84. The van der Waals surface area contributed by atoms with Crippen molar-refractivity contribution in [2.45, 2.75) is 53.8 Å². The predicted octanol–water partition coefficient (Wildman–Crippen LogP) is 6.20. The summed E-state index contributed by atoms with van der Waals surface area (Å²) in [4.78, 5) is 2.60. The molecule has 3 rings (SSSR count). The van der Waals surface area contributed by atoms with E-state index in [9.17, 15) is 0 Å². The van der Waals surface area contributed by atoms with Crippen molar-refractivity contribution in [3.8, 4) is 0 Å². The molecule has 0 spiro atoms. The zero-order valence-electron chi connectivity index (χ0n) is 17.9. The predicted molar refractivity (Wildman–Crippen MR) is 119 cm³/mol. The van der Waals surface area contributed by atoms with E-state index >= 15 is 0 Å². The molecule has 0 N–H and O–H groups in total. The maximum atomic E-state index is 2.60. The van der Waals surface area contributed by atoms with Crippen LogP contribution >= 0.6 is 0 Å². The molecule has 0 bridgehead atoms. The van der Waals surface area contributed by atoms with Crippen LogP contribution in [0.1, 0.15) is 48.2 Å². The molecule has 148 valence electrons. The van der Waals surface area contributed by atoms with Crippen molar-refractivity contribution in [2.24, 2.45) is 5.92 Å². The largest absolute Gasteiger partial charge is 0.346 e. The normalized spacial score (nSPS) is 11.5. The molecule has 0 fully saturated rings. The summed E-state index contributed by atoms with van der Waals surface area (Å²) in [5.41, 5.74) is 6.87. The van der Waals surface area contributed by atoms with Gasteiger partial charge < -0.3 is 4.57 Å². The van der Waals surface area contributed by atoms with Crippen molar-refractivity contribution in [3.63, 3.8) is 0 Å². The lowest BCUT2D eigenvalue weighted by Gasteiger charge is -2.25. The maximum absolute atomic E-state index is 2.60. The number of hydrogen-bond donors (Lipinski definition) is 0. The van der Waals surface area contributed by atoms with Gasteiger partial charge in [-0.2, -0.15) is 0 Å². The Morgan fingerprint density at radius 2 is 1.61 bits per heavy atom.